The van der Waals surface area contributed by atoms with Gasteiger partial charge in [-0.3, -0.25) is 14.8 Å². The molecule has 0 aliphatic carbocycles. The van der Waals surface area contributed by atoms with Crippen LogP contribution in [0.3, 0.4) is 0 Å². The van der Waals surface area contributed by atoms with Crippen LogP contribution in [-0.2, 0) is 11.2 Å². The lowest BCUT2D eigenvalue weighted by atomic mass is 10.0. The van der Waals surface area contributed by atoms with Gasteiger partial charge in [0.2, 0.25) is 5.91 Å². The second-order valence-electron chi connectivity index (χ2n) is 6.10. The highest BCUT2D eigenvalue weighted by Crippen LogP contribution is 2.21. The summed E-state index contributed by atoms with van der Waals surface area (Å²) in [6.45, 7) is 3.19. The maximum absolute atomic E-state index is 11.4. The van der Waals surface area contributed by atoms with Crippen LogP contribution < -0.4 is 0 Å². The van der Waals surface area contributed by atoms with E-state index in [2.05, 4.69) is 9.97 Å². The molecule has 0 unspecified atom stereocenters. The highest BCUT2D eigenvalue weighted by Gasteiger charge is 2.24. The number of carbonyl (C=O) groups excluding carboxylic acids is 1. The van der Waals surface area contributed by atoms with E-state index < -0.39 is 5.97 Å². The minimum atomic E-state index is -0.960. The SMILES string of the molecule is CC(=O)N1CC[C@H](Cc2cnc(-c3cccc(C(=O)O)c3)cn2)C1. The van der Waals surface area contributed by atoms with Gasteiger partial charge in [0.1, 0.15) is 0 Å². The van der Waals surface area contributed by atoms with Gasteiger partial charge < -0.3 is 10.0 Å². The molecule has 24 heavy (non-hydrogen) atoms. The second kappa shape index (κ2) is 6.78. The molecule has 1 aliphatic rings. The van der Waals surface area contributed by atoms with Crippen molar-refractivity contribution in [1.29, 1.82) is 0 Å². The summed E-state index contributed by atoms with van der Waals surface area (Å²) in [7, 11) is 0. The van der Waals surface area contributed by atoms with E-state index in [1.165, 1.54) is 0 Å². The lowest BCUT2D eigenvalue weighted by molar-refractivity contribution is -0.127. The standard InChI is InChI=1S/C18H19N3O3/c1-12(22)21-6-5-13(11-21)7-16-9-20-17(10-19-16)14-3-2-4-15(8-14)18(23)24/h2-4,8-10,13H,5-7,11H2,1H3,(H,23,24)/t13-/m1/s1. The molecule has 0 bridgehead atoms. The van der Waals surface area contributed by atoms with Crippen LogP contribution in [0.5, 0.6) is 0 Å². The van der Waals surface area contributed by atoms with Crippen LogP contribution >= 0.6 is 0 Å². The molecule has 1 saturated heterocycles. The number of carbonyl (C=O) groups is 2. The van der Waals surface area contributed by atoms with E-state index in [4.69, 9.17) is 5.11 Å². The Labute approximate surface area is 140 Å². The van der Waals surface area contributed by atoms with Crippen LogP contribution in [0.4, 0.5) is 0 Å². The molecule has 1 atom stereocenters. The van der Waals surface area contributed by atoms with Crippen molar-refractivity contribution >= 4 is 11.9 Å². The van der Waals surface area contributed by atoms with Crippen LogP contribution in [0.25, 0.3) is 11.3 Å². The van der Waals surface area contributed by atoms with Crippen molar-refractivity contribution in [3.05, 3.63) is 47.9 Å². The first-order valence-electron chi connectivity index (χ1n) is 7.93. The molecule has 1 fully saturated rings. The molecular weight excluding hydrogens is 306 g/mol. The average molecular weight is 325 g/mol. The summed E-state index contributed by atoms with van der Waals surface area (Å²) in [5.41, 5.74) is 2.51. The fraction of sp³-hybridized carbons (Fsp3) is 0.333. The molecule has 124 valence electrons. The van der Waals surface area contributed by atoms with Crippen molar-refractivity contribution < 1.29 is 14.7 Å². The van der Waals surface area contributed by atoms with Gasteiger partial charge in [-0.15, -0.1) is 0 Å². The van der Waals surface area contributed by atoms with E-state index in [1.807, 2.05) is 11.0 Å². The molecule has 1 aromatic heterocycles. The average Bonchev–Trinajstić information content (AvgIpc) is 3.04. The van der Waals surface area contributed by atoms with Crippen LogP contribution in [0, 0.1) is 5.92 Å². The fourth-order valence-corrected chi connectivity index (χ4v) is 3.00. The van der Waals surface area contributed by atoms with Crippen molar-refractivity contribution in [3.63, 3.8) is 0 Å². The normalized spacial score (nSPS) is 17.0. The number of nitrogens with zero attached hydrogens (tertiary/aromatic N) is 3. The third-order valence-corrected chi connectivity index (χ3v) is 4.34. The zero-order valence-electron chi connectivity index (χ0n) is 13.5. The maximum Gasteiger partial charge on any atom is 0.335 e. The van der Waals surface area contributed by atoms with Crippen molar-refractivity contribution in [1.82, 2.24) is 14.9 Å². The molecule has 1 amide bonds. The minimum absolute atomic E-state index is 0.122. The molecule has 1 N–H and O–H groups in total. The number of aromatic carboxylic acids is 1. The van der Waals surface area contributed by atoms with E-state index in [0.29, 0.717) is 11.6 Å². The first kappa shape index (κ1) is 16.1. The number of rotatable bonds is 4. The predicted octanol–water partition coefficient (Wildman–Crippen LogP) is 2.25. The molecule has 0 saturated carbocycles. The smallest absolute Gasteiger partial charge is 0.335 e. The Morgan fingerprint density at radius 2 is 2.12 bits per heavy atom. The van der Waals surface area contributed by atoms with Gasteiger partial charge in [0.15, 0.2) is 0 Å². The van der Waals surface area contributed by atoms with Gasteiger partial charge in [-0.2, -0.15) is 0 Å². The van der Waals surface area contributed by atoms with Gasteiger partial charge >= 0.3 is 5.97 Å². The number of likely N-dealkylation sites (tertiary alicyclic amines) is 1. The van der Waals surface area contributed by atoms with Crippen molar-refractivity contribution in [3.8, 4) is 11.3 Å². The highest BCUT2D eigenvalue weighted by molar-refractivity contribution is 5.89. The maximum atomic E-state index is 11.4. The fourth-order valence-electron chi connectivity index (χ4n) is 3.00. The minimum Gasteiger partial charge on any atom is -0.478 e. The zero-order valence-corrected chi connectivity index (χ0v) is 13.5. The summed E-state index contributed by atoms with van der Waals surface area (Å²) in [6.07, 6.45) is 5.20. The molecule has 1 aliphatic heterocycles. The number of benzene rings is 1. The Hall–Kier alpha value is -2.76. The Morgan fingerprint density at radius 3 is 2.75 bits per heavy atom. The number of carboxylic acid groups (broad SMARTS) is 1. The van der Waals surface area contributed by atoms with Gasteiger partial charge in [0.25, 0.3) is 0 Å². The zero-order chi connectivity index (χ0) is 17.1. The van der Waals surface area contributed by atoms with Crippen LogP contribution in [0.15, 0.2) is 36.7 Å². The molecule has 1 aromatic carbocycles. The topological polar surface area (TPSA) is 83.4 Å². The predicted molar refractivity (Wildman–Crippen MR) is 88.5 cm³/mol. The third-order valence-electron chi connectivity index (χ3n) is 4.34. The Morgan fingerprint density at radius 1 is 1.29 bits per heavy atom. The number of amides is 1. The lowest BCUT2D eigenvalue weighted by Gasteiger charge is -2.13. The number of carboxylic acids is 1. The number of hydrogen-bond acceptors (Lipinski definition) is 4. The van der Waals surface area contributed by atoms with Gasteiger partial charge in [-0.25, -0.2) is 4.79 Å². The van der Waals surface area contributed by atoms with E-state index >= 15 is 0 Å². The molecule has 0 spiro atoms. The summed E-state index contributed by atoms with van der Waals surface area (Å²) >= 11 is 0. The third kappa shape index (κ3) is 3.59. The van der Waals surface area contributed by atoms with Gasteiger partial charge in [0.05, 0.1) is 23.1 Å². The van der Waals surface area contributed by atoms with Gasteiger partial charge in [0, 0.05) is 31.8 Å². The quantitative estimate of drug-likeness (QED) is 0.932. The molecule has 2 aromatic rings. The van der Waals surface area contributed by atoms with Gasteiger partial charge in [-0.1, -0.05) is 12.1 Å². The molecule has 6 heteroatoms. The summed E-state index contributed by atoms with van der Waals surface area (Å²) < 4.78 is 0. The van der Waals surface area contributed by atoms with Crippen molar-refractivity contribution in [2.24, 2.45) is 5.92 Å². The van der Waals surface area contributed by atoms with E-state index in [9.17, 15) is 9.59 Å². The number of hydrogen-bond donors (Lipinski definition) is 1. The Bertz CT molecular complexity index is 758. The first-order chi connectivity index (χ1) is 11.5. The van der Waals surface area contributed by atoms with Gasteiger partial charge in [-0.05, 0) is 30.9 Å². The van der Waals surface area contributed by atoms with Crippen LogP contribution in [0.1, 0.15) is 29.4 Å². The van der Waals surface area contributed by atoms with Crippen LogP contribution in [0.2, 0.25) is 0 Å². The van der Waals surface area contributed by atoms with E-state index in [0.717, 1.165) is 37.2 Å². The molecule has 2 heterocycles. The van der Waals surface area contributed by atoms with E-state index in [-0.39, 0.29) is 11.5 Å². The molecule has 0 radical (unpaired) electrons. The summed E-state index contributed by atoms with van der Waals surface area (Å²) in [4.78, 5) is 33.1. The second-order valence-corrected chi connectivity index (χ2v) is 6.10. The molecule has 6 nitrogen and oxygen atoms in total. The molecule has 3 rings (SSSR count). The Kier molecular flexibility index (Phi) is 4.55. The monoisotopic (exact) mass is 325 g/mol. The highest BCUT2D eigenvalue weighted by atomic mass is 16.4. The van der Waals surface area contributed by atoms with Crippen molar-refractivity contribution in [2.75, 3.05) is 13.1 Å². The van der Waals surface area contributed by atoms with E-state index in [1.54, 1.807) is 37.5 Å². The molecular formula is C18H19N3O3. The lowest BCUT2D eigenvalue weighted by Crippen LogP contribution is -2.26. The summed E-state index contributed by atoms with van der Waals surface area (Å²) in [5.74, 6) is -0.417. The largest absolute Gasteiger partial charge is 0.478 e. The number of aromatic nitrogens is 2. The summed E-state index contributed by atoms with van der Waals surface area (Å²) in [6, 6.07) is 6.66. The van der Waals surface area contributed by atoms with Crippen LogP contribution in [-0.4, -0.2) is 44.9 Å². The first-order valence-corrected chi connectivity index (χ1v) is 7.93. The van der Waals surface area contributed by atoms with Crippen molar-refractivity contribution in [2.45, 2.75) is 19.8 Å². The summed E-state index contributed by atoms with van der Waals surface area (Å²) in [5, 5.41) is 9.06. The Balaban J connectivity index is 1.69.